The van der Waals surface area contributed by atoms with Crippen LogP contribution in [-0.2, 0) is 14.8 Å². The summed E-state index contributed by atoms with van der Waals surface area (Å²) in [5, 5.41) is 2.59. The van der Waals surface area contributed by atoms with Gasteiger partial charge in [-0.2, -0.15) is 0 Å². The van der Waals surface area contributed by atoms with E-state index in [4.69, 9.17) is 9.47 Å². The number of rotatable bonds is 5. The number of sulfonamides is 1. The van der Waals surface area contributed by atoms with Gasteiger partial charge in [0.15, 0.2) is 23.1 Å². The summed E-state index contributed by atoms with van der Waals surface area (Å²) in [5.41, 5.74) is 0.214. The second kappa shape index (κ2) is 7.63. The fraction of sp³-hybridized carbons (Fsp3) is 0.278. The largest absolute Gasteiger partial charge is 0.486 e. The molecule has 3 rings (SSSR count). The zero-order valence-electron chi connectivity index (χ0n) is 15.1. The number of fused-ring (bicyclic) bond motifs is 1. The number of ether oxygens (including phenoxy) is 2. The summed E-state index contributed by atoms with van der Waals surface area (Å²) in [7, 11) is -3.96. The van der Waals surface area contributed by atoms with Gasteiger partial charge in [-0.3, -0.25) is 9.10 Å². The molecule has 10 heteroatoms. The lowest BCUT2D eigenvalue weighted by Gasteiger charge is -2.28. The van der Waals surface area contributed by atoms with E-state index in [1.165, 1.54) is 6.92 Å². The van der Waals surface area contributed by atoms with Crippen molar-refractivity contribution in [3.63, 3.8) is 0 Å². The van der Waals surface area contributed by atoms with Crippen LogP contribution in [0.1, 0.15) is 6.92 Å². The number of amides is 1. The van der Waals surface area contributed by atoms with E-state index >= 15 is 0 Å². The molecule has 0 saturated heterocycles. The van der Waals surface area contributed by atoms with Crippen LogP contribution in [0.5, 0.6) is 11.5 Å². The first-order valence-corrected chi connectivity index (χ1v) is 10.2. The second-order valence-corrected chi connectivity index (χ2v) is 8.04. The van der Waals surface area contributed by atoms with Crippen molar-refractivity contribution >= 4 is 27.3 Å². The van der Waals surface area contributed by atoms with Gasteiger partial charge < -0.3 is 14.8 Å². The molecule has 1 unspecified atom stereocenters. The van der Waals surface area contributed by atoms with Crippen LogP contribution < -0.4 is 19.1 Å². The average molecular weight is 412 g/mol. The van der Waals surface area contributed by atoms with Crippen molar-refractivity contribution in [1.82, 2.24) is 0 Å². The molecule has 0 aliphatic carbocycles. The molecule has 0 aromatic heterocycles. The molecule has 28 heavy (non-hydrogen) atoms. The van der Waals surface area contributed by atoms with E-state index in [1.54, 1.807) is 18.2 Å². The highest BCUT2D eigenvalue weighted by Crippen LogP contribution is 2.33. The van der Waals surface area contributed by atoms with Crippen LogP contribution in [0.4, 0.5) is 20.2 Å². The molecule has 1 N–H and O–H groups in total. The zero-order chi connectivity index (χ0) is 20.5. The van der Waals surface area contributed by atoms with Crippen molar-refractivity contribution in [3.05, 3.63) is 48.0 Å². The lowest BCUT2D eigenvalue weighted by Crippen LogP contribution is -2.45. The van der Waals surface area contributed by atoms with Gasteiger partial charge in [-0.15, -0.1) is 0 Å². The van der Waals surface area contributed by atoms with E-state index in [0.717, 1.165) is 28.8 Å². The maximum atomic E-state index is 13.6. The molecule has 7 nitrogen and oxygen atoms in total. The molecule has 0 bridgehead atoms. The van der Waals surface area contributed by atoms with Crippen LogP contribution in [0.3, 0.4) is 0 Å². The molecule has 0 fully saturated rings. The van der Waals surface area contributed by atoms with Gasteiger partial charge in [-0.1, -0.05) is 0 Å². The topological polar surface area (TPSA) is 84.9 Å². The van der Waals surface area contributed by atoms with Gasteiger partial charge >= 0.3 is 0 Å². The summed E-state index contributed by atoms with van der Waals surface area (Å²) in [5.74, 6) is -2.00. The average Bonchev–Trinajstić information content (AvgIpc) is 2.63. The molecule has 1 aliphatic heterocycles. The third kappa shape index (κ3) is 4.16. The Kier molecular flexibility index (Phi) is 5.41. The first-order chi connectivity index (χ1) is 13.2. The van der Waals surface area contributed by atoms with Crippen LogP contribution in [0, 0.1) is 11.6 Å². The highest BCUT2D eigenvalue weighted by molar-refractivity contribution is 7.92. The Labute approximate surface area is 160 Å². The molecule has 2 aromatic carbocycles. The molecule has 0 spiro atoms. The normalized spacial score (nSPS) is 14.3. The van der Waals surface area contributed by atoms with E-state index in [9.17, 15) is 22.0 Å². The molecule has 0 radical (unpaired) electrons. The fourth-order valence-corrected chi connectivity index (χ4v) is 3.97. The highest BCUT2D eigenvalue weighted by atomic mass is 32.2. The molecule has 1 atom stereocenters. The summed E-state index contributed by atoms with van der Waals surface area (Å²) >= 11 is 0. The smallest absolute Gasteiger partial charge is 0.247 e. The number of hydrogen-bond donors (Lipinski definition) is 1. The Balaban J connectivity index is 1.85. The number of nitrogens with one attached hydrogen (secondary N) is 1. The van der Waals surface area contributed by atoms with Crippen LogP contribution in [0.2, 0.25) is 0 Å². The summed E-state index contributed by atoms with van der Waals surface area (Å²) < 4.78 is 62.8. The van der Waals surface area contributed by atoms with Crippen LogP contribution >= 0.6 is 0 Å². The maximum absolute atomic E-state index is 13.6. The summed E-state index contributed by atoms with van der Waals surface area (Å²) in [6.45, 7) is 2.14. The van der Waals surface area contributed by atoms with Crippen molar-refractivity contribution in [3.8, 4) is 11.5 Å². The first kappa shape index (κ1) is 19.9. The predicted molar refractivity (Wildman–Crippen MR) is 99.2 cm³/mol. The number of hydrogen-bond acceptors (Lipinski definition) is 5. The van der Waals surface area contributed by atoms with Gasteiger partial charge in [0.2, 0.25) is 15.9 Å². The van der Waals surface area contributed by atoms with Crippen LogP contribution in [0.15, 0.2) is 36.4 Å². The minimum Gasteiger partial charge on any atom is -0.486 e. The Bertz CT molecular complexity index is 1010. The number of anilines is 2. The molecule has 1 amide bonds. The molecular weight excluding hydrogens is 394 g/mol. The first-order valence-electron chi connectivity index (χ1n) is 8.32. The fourth-order valence-electron chi connectivity index (χ4n) is 2.80. The Morgan fingerprint density at radius 3 is 2.39 bits per heavy atom. The van der Waals surface area contributed by atoms with E-state index < -0.39 is 33.6 Å². The Morgan fingerprint density at radius 1 is 1.07 bits per heavy atom. The van der Waals surface area contributed by atoms with Gasteiger partial charge in [0, 0.05) is 17.8 Å². The van der Waals surface area contributed by atoms with Crippen molar-refractivity contribution in [1.29, 1.82) is 0 Å². The van der Waals surface area contributed by atoms with Crippen molar-refractivity contribution in [2.45, 2.75) is 13.0 Å². The quantitative estimate of drug-likeness (QED) is 0.816. The molecule has 0 saturated carbocycles. The predicted octanol–water partition coefficient (Wildman–Crippen LogP) is 2.53. The number of nitrogens with zero attached hydrogens (tertiary/aromatic N) is 1. The lowest BCUT2D eigenvalue weighted by molar-refractivity contribution is -0.116. The van der Waals surface area contributed by atoms with Gasteiger partial charge in [-0.05, 0) is 31.2 Å². The third-order valence-electron chi connectivity index (χ3n) is 4.06. The molecular formula is C18H18F2N2O5S. The highest BCUT2D eigenvalue weighted by Gasteiger charge is 2.30. The molecule has 1 heterocycles. The van der Waals surface area contributed by atoms with Gasteiger partial charge in [0.25, 0.3) is 0 Å². The van der Waals surface area contributed by atoms with E-state index in [2.05, 4.69) is 5.32 Å². The van der Waals surface area contributed by atoms with Crippen LogP contribution in [-0.4, -0.2) is 39.8 Å². The van der Waals surface area contributed by atoms with E-state index in [1.807, 2.05) is 0 Å². The standard InChI is InChI=1S/C18H18F2N2O5S/c1-11(22(28(2,24)25)13-4-5-14(19)15(20)10-13)18(23)21-12-3-6-16-17(9-12)27-8-7-26-16/h3-6,9-11H,7-8H2,1-2H3,(H,21,23). The number of halogens is 2. The second-order valence-electron chi connectivity index (χ2n) is 6.18. The summed E-state index contributed by atoms with van der Waals surface area (Å²) in [4.78, 5) is 12.6. The van der Waals surface area contributed by atoms with Gasteiger partial charge in [0.1, 0.15) is 19.3 Å². The molecule has 2 aromatic rings. The molecule has 1 aliphatic rings. The van der Waals surface area contributed by atoms with Crippen molar-refractivity contribution in [2.75, 3.05) is 29.1 Å². The summed E-state index contributed by atoms with van der Waals surface area (Å²) in [6.07, 6.45) is 0.877. The van der Waals surface area contributed by atoms with Crippen molar-refractivity contribution < 1.29 is 31.5 Å². The Hall–Kier alpha value is -2.88. The summed E-state index contributed by atoms with van der Waals surface area (Å²) in [6, 6.07) is 6.15. The third-order valence-corrected chi connectivity index (χ3v) is 5.30. The Morgan fingerprint density at radius 2 is 1.75 bits per heavy atom. The zero-order valence-corrected chi connectivity index (χ0v) is 15.9. The SMILES string of the molecule is CC(C(=O)Nc1ccc2c(c1)OCCO2)N(c1ccc(F)c(F)c1)S(C)(=O)=O. The van der Waals surface area contributed by atoms with E-state index in [-0.39, 0.29) is 5.69 Å². The van der Waals surface area contributed by atoms with E-state index in [0.29, 0.717) is 30.4 Å². The minimum atomic E-state index is -3.96. The number of benzene rings is 2. The minimum absolute atomic E-state index is 0.161. The number of carbonyl (C=O) groups excluding carboxylic acids is 1. The van der Waals surface area contributed by atoms with Gasteiger partial charge in [-0.25, -0.2) is 17.2 Å². The monoisotopic (exact) mass is 412 g/mol. The number of carbonyl (C=O) groups is 1. The van der Waals surface area contributed by atoms with Crippen molar-refractivity contribution in [2.24, 2.45) is 0 Å². The van der Waals surface area contributed by atoms with Crippen LogP contribution in [0.25, 0.3) is 0 Å². The maximum Gasteiger partial charge on any atom is 0.247 e. The lowest BCUT2D eigenvalue weighted by atomic mass is 10.2. The van der Waals surface area contributed by atoms with Gasteiger partial charge in [0.05, 0.1) is 11.9 Å². The molecule has 150 valence electrons.